The molecule has 2 atom stereocenters. The van der Waals surface area contributed by atoms with Crippen LogP contribution in [0.1, 0.15) is 29.7 Å². The lowest BCUT2D eigenvalue weighted by Gasteiger charge is -2.21. The molecule has 0 aliphatic rings. The first-order valence-corrected chi connectivity index (χ1v) is 6.70. The molecule has 2 aromatic carbocycles. The molecule has 0 spiro atoms. The van der Waals surface area contributed by atoms with Crippen molar-refractivity contribution in [2.45, 2.75) is 26.0 Å². The molecule has 2 nitrogen and oxygen atoms in total. The van der Waals surface area contributed by atoms with Gasteiger partial charge in [0.25, 0.3) is 0 Å². The topological polar surface area (TPSA) is 32.3 Å². The summed E-state index contributed by atoms with van der Waals surface area (Å²) in [6.07, 6.45) is -0.351. The van der Waals surface area contributed by atoms with Gasteiger partial charge in [0.15, 0.2) is 0 Å². The van der Waals surface area contributed by atoms with Gasteiger partial charge in [0, 0.05) is 6.54 Å². The molecule has 0 saturated carbocycles. The maximum Gasteiger partial charge on any atom is 0.0636 e. The predicted octanol–water partition coefficient (Wildman–Crippen LogP) is 3.05. The average Bonchev–Trinajstić information content (AvgIpc) is 2.40. The van der Waals surface area contributed by atoms with E-state index in [0.29, 0.717) is 6.54 Å². The predicted molar refractivity (Wildman–Crippen MR) is 79.1 cm³/mol. The van der Waals surface area contributed by atoms with Gasteiger partial charge in [-0.3, -0.25) is 0 Å². The van der Waals surface area contributed by atoms with Crippen LogP contribution in [0.2, 0.25) is 0 Å². The first-order chi connectivity index (χ1) is 9.16. The Bertz CT molecular complexity index is 508. The highest BCUT2D eigenvalue weighted by atomic mass is 16.3. The Kier molecular flexibility index (Phi) is 4.72. The third-order valence-corrected chi connectivity index (χ3v) is 3.13. The Morgan fingerprint density at radius 3 is 2.32 bits per heavy atom. The monoisotopic (exact) mass is 255 g/mol. The highest BCUT2D eigenvalue weighted by Crippen LogP contribution is 2.22. The number of aliphatic hydroxyl groups is 1. The first kappa shape index (κ1) is 13.8. The second kappa shape index (κ2) is 6.50. The van der Waals surface area contributed by atoms with E-state index in [0.717, 1.165) is 0 Å². The van der Waals surface area contributed by atoms with E-state index in [1.54, 1.807) is 6.92 Å². The van der Waals surface area contributed by atoms with Crippen LogP contribution in [0.25, 0.3) is 0 Å². The molecule has 0 aliphatic carbocycles. The molecule has 19 heavy (non-hydrogen) atoms. The molecule has 2 N–H and O–H groups in total. The average molecular weight is 255 g/mol. The lowest BCUT2D eigenvalue weighted by atomic mass is 9.97. The summed E-state index contributed by atoms with van der Waals surface area (Å²) in [5.41, 5.74) is 3.69. The summed E-state index contributed by atoms with van der Waals surface area (Å²) in [4.78, 5) is 0. The third-order valence-electron chi connectivity index (χ3n) is 3.13. The maximum atomic E-state index is 9.49. The van der Waals surface area contributed by atoms with Crippen LogP contribution >= 0.6 is 0 Å². The Morgan fingerprint density at radius 1 is 1.00 bits per heavy atom. The van der Waals surface area contributed by atoms with Gasteiger partial charge in [-0.1, -0.05) is 60.2 Å². The fourth-order valence-electron chi connectivity index (χ4n) is 2.21. The maximum absolute atomic E-state index is 9.49. The van der Waals surface area contributed by atoms with Crippen LogP contribution in [0, 0.1) is 6.92 Å². The van der Waals surface area contributed by atoms with Gasteiger partial charge in [-0.15, -0.1) is 0 Å². The number of hydrogen-bond acceptors (Lipinski definition) is 2. The number of benzene rings is 2. The zero-order chi connectivity index (χ0) is 13.7. The molecule has 0 radical (unpaired) electrons. The van der Waals surface area contributed by atoms with Crippen molar-refractivity contribution >= 4 is 0 Å². The van der Waals surface area contributed by atoms with Crippen molar-refractivity contribution in [1.29, 1.82) is 0 Å². The molecule has 0 heterocycles. The van der Waals surface area contributed by atoms with E-state index in [-0.39, 0.29) is 12.1 Å². The molecule has 0 aliphatic heterocycles. The molecule has 0 aromatic heterocycles. The molecular weight excluding hydrogens is 234 g/mol. The van der Waals surface area contributed by atoms with E-state index in [1.807, 2.05) is 18.2 Å². The Balaban J connectivity index is 2.29. The van der Waals surface area contributed by atoms with Crippen molar-refractivity contribution in [3.05, 3.63) is 71.3 Å². The lowest BCUT2D eigenvalue weighted by Crippen LogP contribution is -2.29. The zero-order valence-corrected chi connectivity index (χ0v) is 11.5. The van der Waals surface area contributed by atoms with Crippen LogP contribution in [-0.2, 0) is 0 Å². The summed E-state index contributed by atoms with van der Waals surface area (Å²) >= 11 is 0. The Labute approximate surface area is 115 Å². The molecule has 2 unspecified atom stereocenters. The number of nitrogens with one attached hydrogen (secondary N) is 1. The Morgan fingerprint density at radius 2 is 1.68 bits per heavy atom. The van der Waals surface area contributed by atoms with Crippen LogP contribution in [-0.4, -0.2) is 17.8 Å². The summed E-state index contributed by atoms with van der Waals surface area (Å²) in [5.74, 6) is 0. The van der Waals surface area contributed by atoms with Gasteiger partial charge in [0.2, 0.25) is 0 Å². The smallest absolute Gasteiger partial charge is 0.0636 e. The molecule has 2 heteroatoms. The van der Waals surface area contributed by atoms with Gasteiger partial charge < -0.3 is 10.4 Å². The van der Waals surface area contributed by atoms with Gasteiger partial charge in [-0.2, -0.15) is 0 Å². The van der Waals surface area contributed by atoms with E-state index in [4.69, 9.17) is 0 Å². The zero-order valence-electron chi connectivity index (χ0n) is 11.5. The van der Waals surface area contributed by atoms with Crippen molar-refractivity contribution in [2.75, 3.05) is 6.54 Å². The van der Waals surface area contributed by atoms with Gasteiger partial charge >= 0.3 is 0 Å². The molecule has 2 aromatic rings. The molecular formula is C17H21NO. The van der Waals surface area contributed by atoms with E-state index in [2.05, 4.69) is 48.6 Å². The SMILES string of the molecule is Cc1cccc(C(NCC(C)O)c2ccccc2)c1. The van der Waals surface area contributed by atoms with E-state index < -0.39 is 0 Å². The Hall–Kier alpha value is -1.64. The second-order valence-corrected chi connectivity index (χ2v) is 5.02. The lowest BCUT2D eigenvalue weighted by molar-refractivity contribution is 0.188. The third kappa shape index (κ3) is 3.91. The molecule has 0 fully saturated rings. The highest BCUT2D eigenvalue weighted by Gasteiger charge is 2.13. The largest absolute Gasteiger partial charge is 0.392 e. The molecule has 100 valence electrons. The molecule has 0 amide bonds. The summed E-state index contributed by atoms with van der Waals surface area (Å²) in [7, 11) is 0. The summed E-state index contributed by atoms with van der Waals surface area (Å²) in [6, 6.07) is 18.9. The van der Waals surface area contributed by atoms with Crippen molar-refractivity contribution in [1.82, 2.24) is 5.32 Å². The van der Waals surface area contributed by atoms with Crippen LogP contribution in [0.5, 0.6) is 0 Å². The van der Waals surface area contributed by atoms with Crippen LogP contribution in [0.3, 0.4) is 0 Å². The fraction of sp³-hybridized carbons (Fsp3) is 0.294. The minimum absolute atomic E-state index is 0.121. The van der Waals surface area contributed by atoms with Crippen LogP contribution < -0.4 is 5.32 Å². The minimum atomic E-state index is -0.351. The minimum Gasteiger partial charge on any atom is -0.392 e. The number of aliphatic hydroxyl groups excluding tert-OH is 1. The molecule has 2 rings (SSSR count). The van der Waals surface area contributed by atoms with Crippen LogP contribution in [0.15, 0.2) is 54.6 Å². The van der Waals surface area contributed by atoms with Crippen molar-refractivity contribution in [3.8, 4) is 0 Å². The number of aryl methyl sites for hydroxylation is 1. The van der Waals surface area contributed by atoms with Crippen molar-refractivity contribution in [2.24, 2.45) is 0 Å². The number of rotatable bonds is 5. The molecule has 0 bridgehead atoms. The number of hydrogen-bond donors (Lipinski definition) is 2. The summed E-state index contributed by atoms with van der Waals surface area (Å²) in [6.45, 7) is 4.47. The van der Waals surface area contributed by atoms with Gasteiger partial charge in [-0.25, -0.2) is 0 Å². The van der Waals surface area contributed by atoms with Crippen molar-refractivity contribution < 1.29 is 5.11 Å². The first-order valence-electron chi connectivity index (χ1n) is 6.70. The van der Waals surface area contributed by atoms with Gasteiger partial charge in [0.1, 0.15) is 0 Å². The van der Waals surface area contributed by atoms with E-state index in [9.17, 15) is 5.11 Å². The van der Waals surface area contributed by atoms with Gasteiger partial charge in [0.05, 0.1) is 12.1 Å². The summed E-state index contributed by atoms with van der Waals surface area (Å²) in [5, 5.41) is 12.9. The highest BCUT2D eigenvalue weighted by molar-refractivity contribution is 5.33. The van der Waals surface area contributed by atoms with Crippen LogP contribution in [0.4, 0.5) is 0 Å². The molecule has 0 saturated heterocycles. The van der Waals surface area contributed by atoms with Crippen molar-refractivity contribution in [3.63, 3.8) is 0 Å². The quantitative estimate of drug-likeness (QED) is 0.860. The van der Waals surface area contributed by atoms with Gasteiger partial charge in [-0.05, 0) is 25.0 Å². The summed E-state index contributed by atoms with van der Waals surface area (Å²) < 4.78 is 0. The van der Waals surface area contributed by atoms with E-state index in [1.165, 1.54) is 16.7 Å². The fourth-order valence-corrected chi connectivity index (χ4v) is 2.21. The normalized spacial score (nSPS) is 14.1. The van der Waals surface area contributed by atoms with E-state index >= 15 is 0 Å². The second-order valence-electron chi connectivity index (χ2n) is 5.02. The standard InChI is InChI=1S/C17H21NO/c1-13-7-6-10-16(11-13)17(18-12-14(2)19)15-8-4-3-5-9-15/h3-11,14,17-19H,12H2,1-2H3.